The summed E-state index contributed by atoms with van der Waals surface area (Å²) >= 11 is 3.38. The number of anilines is 1. The average Bonchev–Trinajstić information content (AvgIpc) is 3.09. The number of furan rings is 1. The molecule has 148 valence electrons. The van der Waals surface area contributed by atoms with Gasteiger partial charge in [0.2, 0.25) is 10.0 Å². The second-order valence-corrected chi connectivity index (χ2v) is 9.08. The molecule has 0 atom stereocenters. The zero-order valence-electron chi connectivity index (χ0n) is 15.5. The van der Waals surface area contributed by atoms with E-state index in [1.165, 1.54) is 26.2 Å². The third-order valence-corrected chi connectivity index (χ3v) is 6.44. The number of amides is 1. The Morgan fingerprint density at radius 2 is 1.96 bits per heavy atom. The number of carbonyl (C=O) groups is 1. The van der Waals surface area contributed by atoms with Crippen LogP contribution in [-0.2, 0) is 10.0 Å². The lowest BCUT2D eigenvalue weighted by Crippen LogP contribution is -2.23. The molecule has 0 aliphatic heterocycles. The Hall–Kier alpha value is -2.36. The van der Waals surface area contributed by atoms with Gasteiger partial charge in [0.25, 0.3) is 5.91 Å². The van der Waals surface area contributed by atoms with Gasteiger partial charge in [-0.3, -0.25) is 4.79 Å². The van der Waals surface area contributed by atoms with Crippen LogP contribution < -0.4 is 10.1 Å². The molecule has 0 aliphatic carbocycles. The summed E-state index contributed by atoms with van der Waals surface area (Å²) in [4.78, 5) is 12.6. The summed E-state index contributed by atoms with van der Waals surface area (Å²) in [6.07, 6.45) is 0. The van der Waals surface area contributed by atoms with Crippen molar-refractivity contribution in [3.63, 3.8) is 0 Å². The van der Waals surface area contributed by atoms with Crippen LogP contribution in [0.1, 0.15) is 17.5 Å². The number of fused-ring (bicyclic) bond motifs is 1. The summed E-state index contributed by atoms with van der Waals surface area (Å²) in [5.74, 6) is -0.143. The number of halogens is 1. The SMILES string of the molecule is CCOc1ccc(NC(=O)c2cc3cccc(Br)c3o2)cc1S(=O)(=O)N(C)C. The zero-order valence-corrected chi connectivity index (χ0v) is 17.9. The van der Waals surface area contributed by atoms with E-state index in [-0.39, 0.29) is 16.4 Å². The molecule has 3 rings (SSSR count). The number of nitrogens with one attached hydrogen (secondary N) is 1. The first kappa shape index (κ1) is 20.4. The van der Waals surface area contributed by atoms with E-state index in [4.69, 9.17) is 9.15 Å². The smallest absolute Gasteiger partial charge is 0.291 e. The van der Waals surface area contributed by atoms with Crippen molar-refractivity contribution >= 4 is 48.5 Å². The summed E-state index contributed by atoms with van der Waals surface area (Å²) in [6, 6.07) is 11.6. The normalized spacial score (nSPS) is 11.8. The lowest BCUT2D eigenvalue weighted by Gasteiger charge is -2.16. The first-order valence-corrected chi connectivity index (χ1v) is 10.7. The molecule has 7 nitrogen and oxygen atoms in total. The van der Waals surface area contributed by atoms with Gasteiger partial charge in [-0.2, -0.15) is 0 Å². The quantitative estimate of drug-likeness (QED) is 0.590. The lowest BCUT2D eigenvalue weighted by molar-refractivity contribution is 0.0998. The zero-order chi connectivity index (χ0) is 20.5. The van der Waals surface area contributed by atoms with Crippen LogP contribution in [0.4, 0.5) is 5.69 Å². The summed E-state index contributed by atoms with van der Waals surface area (Å²) in [7, 11) is -0.885. The second-order valence-electron chi connectivity index (χ2n) is 6.10. The van der Waals surface area contributed by atoms with Gasteiger partial charge in [0.05, 0.1) is 11.1 Å². The second kappa shape index (κ2) is 7.94. The highest BCUT2D eigenvalue weighted by atomic mass is 79.9. The molecule has 1 N–H and O–H groups in total. The van der Waals surface area contributed by atoms with Crippen molar-refractivity contribution in [3.05, 3.63) is 52.7 Å². The fourth-order valence-corrected chi connectivity index (χ4v) is 4.10. The highest BCUT2D eigenvalue weighted by Crippen LogP contribution is 2.30. The number of para-hydroxylation sites is 1. The molecule has 1 amide bonds. The number of hydrogen-bond acceptors (Lipinski definition) is 5. The van der Waals surface area contributed by atoms with Gasteiger partial charge < -0.3 is 14.5 Å². The predicted octanol–water partition coefficient (Wildman–Crippen LogP) is 4.10. The summed E-state index contributed by atoms with van der Waals surface area (Å²) in [5, 5.41) is 3.45. The Kier molecular flexibility index (Phi) is 5.78. The Labute approximate surface area is 171 Å². The van der Waals surface area contributed by atoms with E-state index in [1.807, 2.05) is 18.2 Å². The van der Waals surface area contributed by atoms with Crippen molar-refractivity contribution < 1.29 is 22.4 Å². The Balaban J connectivity index is 1.95. The van der Waals surface area contributed by atoms with E-state index in [1.54, 1.807) is 19.1 Å². The van der Waals surface area contributed by atoms with Crippen molar-refractivity contribution in [2.24, 2.45) is 0 Å². The topological polar surface area (TPSA) is 88.8 Å². The fourth-order valence-electron chi connectivity index (χ4n) is 2.59. The number of rotatable bonds is 6. The molecule has 0 radical (unpaired) electrons. The number of ether oxygens (including phenoxy) is 1. The van der Waals surface area contributed by atoms with Crippen LogP contribution in [-0.4, -0.2) is 39.3 Å². The Morgan fingerprint density at radius 3 is 2.61 bits per heavy atom. The van der Waals surface area contributed by atoms with E-state index < -0.39 is 15.9 Å². The van der Waals surface area contributed by atoms with Crippen LogP contribution in [0.5, 0.6) is 5.75 Å². The minimum Gasteiger partial charge on any atom is -0.492 e. The van der Waals surface area contributed by atoms with Gasteiger partial charge in [0.1, 0.15) is 16.2 Å². The Bertz CT molecular complexity index is 1140. The molecular formula is C19H19BrN2O5S. The van der Waals surface area contributed by atoms with Crippen molar-refractivity contribution in [1.29, 1.82) is 0 Å². The van der Waals surface area contributed by atoms with Gasteiger partial charge in [0, 0.05) is 25.2 Å². The first-order valence-electron chi connectivity index (χ1n) is 8.43. The molecule has 28 heavy (non-hydrogen) atoms. The highest BCUT2D eigenvalue weighted by Gasteiger charge is 2.24. The van der Waals surface area contributed by atoms with E-state index in [2.05, 4.69) is 21.2 Å². The molecule has 1 heterocycles. The molecule has 0 saturated carbocycles. The highest BCUT2D eigenvalue weighted by molar-refractivity contribution is 9.10. The van der Waals surface area contributed by atoms with Crippen LogP contribution >= 0.6 is 15.9 Å². The first-order chi connectivity index (χ1) is 13.2. The minimum absolute atomic E-state index is 0.0236. The molecule has 0 unspecified atom stereocenters. The maximum absolute atomic E-state index is 12.6. The van der Waals surface area contributed by atoms with Crippen LogP contribution in [0.15, 0.2) is 56.2 Å². The van der Waals surface area contributed by atoms with Crippen LogP contribution in [0.2, 0.25) is 0 Å². The molecule has 9 heteroatoms. The largest absolute Gasteiger partial charge is 0.492 e. The third-order valence-electron chi connectivity index (χ3n) is 3.98. The third kappa shape index (κ3) is 3.91. The van der Waals surface area contributed by atoms with Gasteiger partial charge in [-0.25, -0.2) is 12.7 Å². The van der Waals surface area contributed by atoms with Gasteiger partial charge in [-0.05, 0) is 53.2 Å². The van der Waals surface area contributed by atoms with E-state index in [0.29, 0.717) is 17.9 Å². The van der Waals surface area contributed by atoms with Crippen LogP contribution in [0.25, 0.3) is 11.0 Å². The molecule has 0 aliphatic rings. The molecular weight excluding hydrogens is 448 g/mol. The van der Waals surface area contributed by atoms with E-state index in [9.17, 15) is 13.2 Å². The number of sulfonamides is 1. The molecule has 3 aromatic rings. The average molecular weight is 467 g/mol. The van der Waals surface area contributed by atoms with Crippen molar-refractivity contribution in [2.45, 2.75) is 11.8 Å². The number of benzene rings is 2. The van der Waals surface area contributed by atoms with Crippen molar-refractivity contribution in [3.8, 4) is 5.75 Å². The molecule has 0 saturated heterocycles. The van der Waals surface area contributed by atoms with Crippen LogP contribution in [0, 0.1) is 0 Å². The van der Waals surface area contributed by atoms with Gasteiger partial charge >= 0.3 is 0 Å². The maximum atomic E-state index is 12.6. The van der Waals surface area contributed by atoms with E-state index >= 15 is 0 Å². The van der Waals surface area contributed by atoms with Crippen molar-refractivity contribution in [1.82, 2.24) is 4.31 Å². The molecule has 0 spiro atoms. The standard InChI is InChI=1S/C19H19BrN2O5S/c1-4-26-15-9-8-13(11-17(15)28(24,25)22(2)3)21-19(23)16-10-12-6-5-7-14(20)18(12)27-16/h5-11H,4H2,1-3H3,(H,21,23). The summed E-state index contributed by atoms with van der Waals surface area (Å²) in [6.45, 7) is 2.08. The molecule has 0 bridgehead atoms. The Morgan fingerprint density at radius 1 is 1.21 bits per heavy atom. The monoisotopic (exact) mass is 466 g/mol. The molecule has 0 fully saturated rings. The van der Waals surface area contributed by atoms with E-state index in [0.717, 1.165) is 14.2 Å². The number of nitrogens with zero attached hydrogens (tertiary/aromatic N) is 1. The number of hydrogen-bond donors (Lipinski definition) is 1. The van der Waals surface area contributed by atoms with Crippen molar-refractivity contribution in [2.75, 3.05) is 26.0 Å². The van der Waals surface area contributed by atoms with Crippen LogP contribution in [0.3, 0.4) is 0 Å². The summed E-state index contributed by atoms with van der Waals surface area (Å²) in [5.41, 5.74) is 0.878. The van der Waals surface area contributed by atoms with Gasteiger partial charge in [0.15, 0.2) is 5.76 Å². The summed E-state index contributed by atoms with van der Waals surface area (Å²) < 4.78 is 38.1. The lowest BCUT2D eigenvalue weighted by atomic mass is 10.2. The predicted molar refractivity (Wildman–Crippen MR) is 110 cm³/mol. The fraction of sp³-hybridized carbons (Fsp3) is 0.211. The number of carbonyl (C=O) groups excluding carboxylic acids is 1. The molecule has 1 aromatic heterocycles. The van der Waals surface area contributed by atoms with Gasteiger partial charge in [-0.15, -0.1) is 0 Å². The minimum atomic E-state index is -3.75. The maximum Gasteiger partial charge on any atom is 0.291 e. The van der Waals surface area contributed by atoms with Gasteiger partial charge in [-0.1, -0.05) is 12.1 Å². The molecule has 2 aromatic carbocycles.